The van der Waals surface area contributed by atoms with Gasteiger partial charge in [0.15, 0.2) is 0 Å². The summed E-state index contributed by atoms with van der Waals surface area (Å²) in [5.74, 6) is -7.43. The molecule has 0 saturated heterocycles. The SMILES string of the molecule is CCCCN(C(=O)C(C)(C)C)c1ccc(F)[c-]c1F.CCCCN(C(=O)C(C)(C)C)c1ccc(F)[c-]c1F.CS(=O)(=O)Nc1ccc(F)[c-]c1F.CS(=O)(=O)Nc1ccc(F)[c-]c1F.[C-]1=CC=CC1.[C-]1=CC=CC1.[C-]1=CC=CC1.[C-]1=CC=CC1.[Ti+4].[Ti+4]. The van der Waals surface area contributed by atoms with Crippen molar-refractivity contribution in [2.75, 3.05) is 44.8 Å². The van der Waals surface area contributed by atoms with Gasteiger partial charge < -0.3 is 19.2 Å². The normalized spacial score (nSPS) is 12.6. The first-order chi connectivity index (χ1) is 39.3. The van der Waals surface area contributed by atoms with E-state index >= 15 is 0 Å². The molecule has 0 bridgehead atoms. The van der Waals surface area contributed by atoms with E-state index in [9.17, 15) is 61.5 Å². The van der Waals surface area contributed by atoms with Crippen molar-refractivity contribution in [2.45, 2.75) is 107 Å². The van der Waals surface area contributed by atoms with Crippen LogP contribution in [0.5, 0.6) is 0 Å². The number of allylic oxidation sites excluding steroid dienone is 16. The molecule has 8 rings (SSSR count). The largest absolute Gasteiger partial charge is 4.00 e. The predicted octanol–water partition coefficient (Wildman–Crippen LogP) is 15.4. The average molecular weight is 1310 g/mol. The maximum Gasteiger partial charge on any atom is 4.00 e. The Morgan fingerprint density at radius 2 is 0.709 bits per heavy atom. The number of benzene rings is 4. The number of nitrogens with one attached hydrogen (secondary N) is 2. The molecule has 0 fully saturated rings. The topological polar surface area (TPSA) is 133 Å². The quantitative estimate of drug-likeness (QED) is 0.0825. The fourth-order valence-electron chi connectivity index (χ4n) is 6.20. The van der Waals surface area contributed by atoms with Crippen molar-refractivity contribution in [3.8, 4) is 0 Å². The van der Waals surface area contributed by atoms with Gasteiger partial charge in [-0.3, -0.25) is 33.9 Å². The zero-order chi connectivity index (χ0) is 63.5. The van der Waals surface area contributed by atoms with Crippen LogP contribution in [-0.4, -0.2) is 54.3 Å². The summed E-state index contributed by atoms with van der Waals surface area (Å²) in [5.41, 5.74) is -1.68. The Labute approximate surface area is 535 Å². The maximum atomic E-state index is 13.8. The van der Waals surface area contributed by atoms with Crippen molar-refractivity contribution in [1.29, 1.82) is 0 Å². The van der Waals surface area contributed by atoms with Crippen molar-refractivity contribution in [2.24, 2.45) is 10.8 Å². The van der Waals surface area contributed by atoms with Gasteiger partial charge in [-0.1, -0.05) is 68.2 Å². The molecule has 0 unspecified atom stereocenters. The second-order valence-corrected chi connectivity index (χ2v) is 23.5. The van der Waals surface area contributed by atoms with Gasteiger partial charge in [-0.25, -0.2) is 101 Å². The van der Waals surface area contributed by atoms with Gasteiger partial charge >= 0.3 is 43.4 Å². The van der Waals surface area contributed by atoms with Crippen molar-refractivity contribution in [3.05, 3.63) is 217 Å². The molecule has 2 N–H and O–H groups in total. The summed E-state index contributed by atoms with van der Waals surface area (Å²) in [6, 6.07) is 16.0. The van der Waals surface area contributed by atoms with Gasteiger partial charge in [0.25, 0.3) is 0 Å². The molecule has 4 aliphatic rings. The van der Waals surface area contributed by atoms with Gasteiger partial charge in [-0.2, -0.15) is 24.3 Å². The van der Waals surface area contributed by atoms with Gasteiger partial charge in [0.05, 0.1) is 12.5 Å². The molecule has 0 saturated carbocycles. The third kappa shape index (κ3) is 37.0. The molecule has 10 nitrogen and oxygen atoms in total. The van der Waals surface area contributed by atoms with Crippen LogP contribution in [0.25, 0.3) is 0 Å². The van der Waals surface area contributed by atoms with E-state index in [1.807, 2.05) is 84.0 Å². The van der Waals surface area contributed by atoms with E-state index in [2.05, 4.69) is 48.6 Å². The summed E-state index contributed by atoms with van der Waals surface area (Å²) in [5, 5.41) is 0. The zero-order valence-corrected chi connectivity index (χ0v) is 54.6. The van der Waals surface area contributed by atoms with E-state index in [1.54, 1.807) is 53.7 Å². The summed E-state index contributed by atoms with van der Waals surface area (Å²) in [4.78, 5) is 27.5. The number of carbonyl (C=O) groups excluding carboxylic acids is 2. The molecule has 460 valence electrons. The molecule has 22 heteroatoms. The Bertz CT molecular complexity index is 2900. The smallest absolute Gasteiger partial charge is 0.363 e. The molecule has 2 amide bonds. The molecular weight excluding hydrogens is 1230 g/mol. The van der Waals surface area contributed by atoms with E-state index in [0.717, 1.165) is 100 Å². The number of hydrogen-bond acceptors (Lipinski definition) is 6. The summed E-state index contributed by atoms with van der Waals surface area (Å²) in [7, 11) is -7.09. The van der Waals surface area contributed by atoms with Crippen LogP contribution in [0.2, 0.25) is 0 Å². The molecule has 0 aromatic heterocycles. The van der Waals surface area contributed by atoms with Crippen molar-refractivity contribution < 1.29 is 105 Å². The van der Waals surface area contributed by atoms with Crippen molar-refractivity contribution in [1.82, 2.24) is 0 Å². The first-order valence-electron chi connectivity index (χ1n) is 26.3. The number of carbonyl (C=O) groups is 2. The van der Waals surface area contributed by atoms with Gasteiger partial charge in [0.2, 0.25) is 31.9 Å². The number of anilines is 4. The van der Waals surface area contributed by atoms with Crippen LogP contribution in [-0.2, 0) is 73.1 Å². The van der Waals surface area contributed by atoms with Crippen LogP contribution in [0.4, 0.5) is 57.9 Å². The summed E-state index contributed by atoms with van der Waals surface area (Å²) < 4.78 is 150. The first-order valence-corrected chi connectivity index (χ1v) is 30.0. The van der Waals surface area contributed by atoms with Crippen LogP contribution in [0, 0.1) is 106 Å². The Morgan fingerprint density at radius 3 is 0.884 bits per heavy atom. The molecule has 0 atom stereocenters. The zero-order valence-electron chi connectivity index (χ0n) is 49.8. The van der Waals surface area contributed by atoms with Crippen molar-refractivity contribution >= 4 is 54.6 Å². The predicted molar refractivity (Wildman–Crippen MR) is 317 cm³/mol. The van der Waals surface area contributed by atoms with Crippen LogP contribution >= 0.6 is 0 Å². The molecule has 4 aromatic rings. The number of nitrogens with zero attached hydrogens (tertiary/aromatic N) is 2. The van der Waals surface area contributed by atoms with Crippen LogP contribution in [0.15, 0.2) is 121 Å². The number of sulfonamides is 2. The Morgan fingerprint density at radius 1 is 0.453 bits per heavy atom. The molecule has 0 heterocycles. The molecule has 4 aliphatic carbocycles. The Kier molecular flexibility index (Phi) is 41.0. The minimum atomic E-state index is -3.54. The summed E-state index contributed by atoms with van der Waals surface area (Å²) >= 11 is 0. The van der Waals surface area contributed by atoms with E-state index < -0.39 is 77.4 Å². The van der Waals surface area contributed by atoms with Crippen LogP contribution in [0.1, 0.15) is 107 Å². The van der Waals surface area contributed by atoms with E-state index in [-0.39, 0.29) is 78.0 Å². The van der Waals surface area contributed by atoms with Gasteiger partial charge in [0.1, 0.15) is 0 Å². The molecule has 0 aliphatic heterocycles. The van der Waals surface area contributed by atoms with Crippen molar-refractivity contribution in [3.63, 3.8) is 0 Å². The van der Waals surface area contributed by atoms with E-state index in [1.165, 1.54) is 21.9 Å². The van der Waals surface area contributed by atoms with Gasteiger partial charge in [-0.15, -0.1) is 98.5 Å². The minimum Gasteiger partial charge on any atom is -0.363 e. The fourth-order valence-corrected chi connectivity index (χ4v) is 7.31. The standard InChI is InChI=1S/2C15H20F2NO.2C7H6F2NO2S.4C5H5.2Ti/c2*1-5-6-9-18(14(19)15(2,3)4)13-8-7-11(16)10-12(13)17;2*1-13(11,12)10-7-3-2-5(8)4-6(7)9;4*1-2-4-5-3-1;;/h2*7-8H,5-6,9H2,1-4H3;2*2-3,10H,1H3;4*1-3H,4H2;;/q8*-1;2*+4. The number of unbranched alkanes of at least 4 members (excludes halogenated alkanes) is 2. The molecule has 4 aromatic carbocycles. The number of halogens is 8. The average Bonchev–Trinajstić information content (AvgIpc) is 3.29. The monoisotopic (exact) mass is 1300 g/mol. The third-order valence-corrected chi connectivity index (χ3v) is 11.3. The Hall–Kier alpha value is -5.89. The van der Waals surface area contributed by atoms with Gasteiger partial charge in [0, 0.05) is 70.5 Å². The van der Waals surface area contributed by atoms with Crippen LogP contribution < -0.4 is 19.2 Å². The maximum absolute atomic E-state index is 13.8. The third-order valence-electron chi connectivity index (χ3n) is 10.2. The number of amides is 2. The molecular formula is C64H72F8N4O6S2Ti2. The van der Waals surface area contributed by atoms with E-state index in [0.29, 0.717) is 13.1 Å². The molecule has 86 heavy (non-hydrogen) atoms. The fraction of sp³-hybridized carbons (Fsp3) is 0.344. The van der Waals surface area contributed by atoms with Crippen LogP contribution in [0.3, 0.4) is 0 Å². The van der Waals surface area contributed by atoms with E-state index in [4.69, 9.17) is 0 Å². The number of rotatable bonds is 12. The second-order valence-electron chi connectivity index (χ2n) is 20.0. The number of hydrogen-bond donors (Lipinski definition) is 2. The van der Waals surface area contributed by atoms with Gasteiger partial charge in [-0.05, 0) is 35.6 Å². The Balaban J connectivity index is 0. The summed E-state index contributed by atoms with van der Waals surface area (Å²) in [6.07, 6.45) is 45.0. The summed E-state index contributed by atoms with van der Waals surface area (Å²) in [6.45, 7) is 15.5. The second kappa shape index (κ2) is 42.9. The molecule has 0 spiro atoms. The minimum absolute atomic E-state index is 0. The molecule has 0 radical (unpaired) electrons. The first kappa shape index (κ1) is 82.2.